The number of amides is 1. The number of benzene rings is 1. The third kappa shape index (κ3) is 4.76. The Morgan fingerprint density at radius 2 is 1.96 bits per heavy atom. The fourth-order valence-corrected chi connectivity index (χ4v) is 4.25. The number of hydrogen-bond acceptors (Lipinski definition) is 5. The summed E-state index contributed by atoms with van der Waals surface area (Å²) in [5.74, 6) is -0.290. The molecule has 1 aromatic carbocycles. The van der Waals surface area contributed by atoms with Gasteiger partial charge in [0.1, 0.15) is 10.8 Å². The van der Waals surface area contributed by atoms with Gasteiger partial charge in [0.05, 0.1) is 0 Å². The first-order valence-corrected chi connectivity index (χ1v) is 10.5. The number of aromatic nitrogens is 1. The number of hydrogen-bond donors (Lipinski definition) is 1. The van der Waals surface area contributed by atoms with Crippen LogP contribution in [0.4, 0.5) is 4.39 Å². The lowest BCUT2D eigenvalue weighted by molar-refractivity contribution is -0.130. The highest BCUT2D eigenvalue weighted by molar-refractivity contribution is 7.13. The number of nitrogens with zero attached hydrogens (tertiary/aromatic N) is 1. The molecule has 1 amide bonds. The van der Waals surface area contributed by atoms with Crippen LogP contribution in [-0.2, 0) is 9.53 Å². The molecule has 0 radical (unpaired) electrons. The minimum absolute atomic E-state index is 0.113. The molecule has 1 heterocycles. The molecule has 0 unspecified atom stereocenters. The second-order valence-corrected chi connectivity index (χ2v) is 8.33. The zero-order chi connectivity index (χ0) is 20.3. The number of carbonyl (C=O) groups is 2. The van der Waals surface area contributed by atoms with Gasteiger partial charge in [0.25, 0.3) is 5.91 Å². The van der Waals surface area contributed by atoms with Crippen molar-refractivity contribution in [3.63, 3.8) is 0 Å². The van der Waals surface area contributed by atoms with Gasteiger partial charge in [0.15, 0.2) is 11.8 Å². The van der Waals surface area contributed by atoms with Crippen molar-refractivity contribution in [2.24, 2.45) is 11.8 Å². The van der Waals surface area contributed by atoms with Gasteiger partial charge in [-0.05, 0) is 49.4 Å². The lowest BCUT2D eigenvalue weighted by Crippen LogP contribution is -2.47. The zero-order valence-electron chi connectivity index (χ0n) is 16.3. The average molecular weight is 405 g/mol. The molecule has 28 heavy (non-hydrogen) atoms. The van der Waals surface area contributed by atoms with Crippen LogP contribution in [0, 0.1) is 17.7 Å². The third-order valence-corrected chi connectivity index (χ3v) is 6.38. The van der Waals surface area contributed by atoms with Crippen LogP contribution in [-0.4, -0.2) is 29.0 Å². The van der Waals surface area contributed by atoms with Gasteiger partial charge in [-0.15, -0.1) is 11.3 Å². The zero-order valence-corrected chi connectivity index (χ0v) is 17.1. The molecule has 1 aliphatic carbocycles. The summed E-state index contributed by atoms with van der Waals surface area (Å²) in [6.45, 7) is 5.92. The number of nitrogens with one attached hydrogen (secondary N) is 1. The van der Waals surface area contributed by atoms with E-state index in [0.717, 1.165) is 18.4 Å². The van der Waals surface area contributed by atoms with Crippen molar-refractivity contribution in [1.29, 1.82) is 0 Å². The summed E-state index contributed by atoms with van der Waals surface area (Å²) in [5.41, 5.74) is 0.861. The SMILES string of the molecule is C[C@H]1[C@@H](NC(=O)[C@@H](C)OC(=O)c2csc(-c3ccc(F)cc3)n2)CCC[C@@H]1C. The van der Waals surface area contributed by atoms with Crippen LogP contribution in [0.3, 0.4) is 0 Å². The Hall–Kier alpha value is -2.28. The molecule has 150 valence electrons. The van der Waals surface area contributed by atoms with E-state index in [1.54, 1.807) is 24.4 Å². The Labute approximate surface area is 168 Å². The predicted molar refractivity (Wildman–Crippen MR) is 106 cm³/mol. The van der Waals surface area contributed by atoms with E-state index in [1.165, 1.54) is 29.9 Å². The Bertz CT molecular complexity index is 836. The van der Waals surface area contributed by atoms with Gasteiger partial charge in [-0.3, -0.25) is 4.79 Å². The summed E-state index contributed by atoms with van der Waals surface area (Å²) >= 11 is 1.27. The number of thiazole rings is 1. The van der Waals surface area contributed by atoms with Crippen molar-refractivity contribution in [3.8, 4) is 10.6 Å². The molecule has 1 N–H and O–H groups in total. The average Bonchev–Trinajstić information content (AvgIpc) is 3.16. The van der Waals surface area contributed by atoms with E-state index < -0.39 is 12.1 Å². The molecular weight excluding hydrogens is 379 g/mol. The molecule has 0 aliphatic heterocycles. The van der Waals surface area contributed by atoms with Gasteiger partial charge < -0.3 is 10.1 Å². The minimum atomic E-state index is -0.895. The predicted octanol–water partition coefficient (Wildman–Crippen LogP) is 4.44. The van der Waals surface area contributed by atoms with Crippen LogP contribution in [0.25, 0.3) is 10.6 Å². The monoisotopic (exact) mass is 404 g/mol. The number of carbonyl (C=O) groups excluding carboxylic acids is 2. The van der Waals surface area contributed by atoms with E-state index in [9.17, 15) is 14.0 Å². The molecule has 3 rings (SSSR count). The van der Waals surface area contributed by atoms with Crippen LogP contribution < -0.4 is 5.32 Å². The topological polar surface area (TPSA) is 68.3 Å². The van der Waals surface area contributed by atoms with Gasteiger partial charge in [-0.2, -0.15) is 0 Å². The van der Waals surface area contributed by atoms with Crippen molar-refractivity contribution >= 4 is 23.2 Å². The van der Waals surface area contributed by atoms with Crippen LogP contribution >= 0.6 is 11.3 Å². The summed E-state index contributed by atoms with van der Waals surface area (Å²) in [7, 11) is 0. The highest BCUT2D eigenvalue weighted by atomic mass is 32.1. The van der Waals surface area contributed by atoms with Crippen LogP contribution in [0.2, 0.25) is 0 Å². The van der Waals surface area contributed by atoms with E-state index in [-0.39, 0.29) is 23.5 Å². The molecular formula is C21H25FN2O3S. The second kappa shape index (κ2) is 8.82. The van der Waals surface area contributed by atoms with Crippen LogP contribution in [0.15, 0.2) is 29.6 Å². The molecule has 0 bridgehead atoms. The lowest BCUT2D eigenvalue weighted by atomic mass is 9.78. The first-order valence-electron chi connectivity index (χ1n) is 9.58. The van der Waals surface area contributed by atoms with Crippen LogP contribution in [0.1, 0.15) is 50.5 Å². The maximum Gasteiger partial charge on any atom is 0.358 e. The molecule has 2 aromatic rings. The smallest absolute Gasteiger partial charge is 0.358 e. The fourth-order valence-electron chi connectivity index (χ4n) is 3.45. The first-order chi connectivity index (χ1) is 13.3. The molecule has 1 saturated carbocycles. The lowest BCUT2D eigenvalue weighted by Gasteiger charge is -2.35. The molecule has 1 aliphatic rings. The molecule has 1 aromatic heterocycles. The minimum Gasteiger partial charge on any atom is -0.448 e. The molecule has 0 saturated heterocycles. The molecule has 7 heteroatoms. The normalized spacial score (nSPS) is 23.1. The van der Waals surface area contributed by atoms with Gasteiger partial charge in [0.2, 0.25) is 0 Å². The number of rotatable bonds is 5. The van der Waals surface area contributed by atoms with E-state index in [4.69, 9.17) is 4.74 Å². The van der Waals surface area contributed by atoms with Gasteiger partial charge in [0, 0.05) is 17.0 Å². The maximum absolute atomic E-state index is 13.0. The Morgan fingerprint density at radius 3 is 2.68 bits per heavy atom. The summed E-state index contributed by atoms with van der Waals surface area (Å²) in [6, 6.07) is 6.00. The van der Waals surface area contributed by atoms with Crippen molar-refractivity contribution in [2.45, 2.75) is 52.2 Å². The van der Waals surface area contributed by atoms with Crippen molar-refractivity contribution in [2.75, 3.05) is 0 Å². The van der Waals surface area contributed by atoms with Crippen LogP contribution in [0.5, 0.6) is 0 Å². The molecule has 1 fully saturated rings. The van der Waals surface area contributed by atoms with E-state index >= 15 is 0 Å². The third-order valence-electron chi connectivity index (χ3n) is 5.49. The van der Waals surface area contributed by atoms with Crippen molar-refractivity contribution in [3.05, 3.63) is 41.2 Å². The summed E-state index contributed by atoms with van der Waals surface area (Å²) in [5, 5.41) is 5.19. The number of halogens is 1. The highest BCUT2D eigenvalue weighted by Gasteiger charge is 2.30. The maximum atomic E-state index is 13.0. The second-order valence-electron chi connectivity index (χ2n) is 7.47. The van der Waals surface area contributed by atoms with E-state index in [1.807, 2.05) is 0 Å². The van der Waals surface area contributed by atoms with Gasteiger partial charge >= 0.3 is 5.97 Å². The highest BCUT2D eigenvalue weighted by Crippen LogP contribution is 2.29. The first kappa shape index (κ1) is 20.5. The standard InChI is InChI=1S/C21H25FN2O3S/c1-12-5-4-6-17(13(12)2)23-19(25)14(3)27-21(26)18-11-28-20(24-18)15-7-9-16(22)10-8-15/h7-14,17H,4-6H2,1-3H3,(H,23,25)/t12-,13+,14+,17-/m0/s1. The van der Waals surface area contributed by atoms with E-state index in [2.05, 4.69) is 24.1 Å². The van der Waals surface area contributed by atoms with Gasteiger partial charge in [-0.25, -0.2) is 14.2 Å². The van der Waals surface area contributed by atoms with Crippen molar-refractivity contribution in [1.82, 2.24) is 10.3 Å². The number of ether oxygens (including phenoxy) is 1. The molecule has 4 atom stereocenters. The largest absolute Gasteiger partial charge is 0.448 e. The molecule has 0 spiro atoms. The van der Waals surface area contributed by atoms with Gasteiger partial charge in [-0.1, -0.05) is 26.7 Å². The Kier molecular flexibility index (Phi) is 6.44. The van der Waals surface area contributed by atoms with E-state index in [0.29, 0.717) is 16.8 Å². The fraction of sp³-hybridized carbons (Fsp3) is 0.476. The number of esters is 1. The Morgan fingerprint density at radius 1 is 1.25 bits per heavy atom. The quantitative estimate of drug-likeness (QED) is 0.749. The van der Waals surface area contributed by atoms with Crippen molar-refractivity contribution < 1.29 is 18.7 Å². The Balaban J connectivity index is 1.58. The molecule has 5 nitrogen and oxygen atoms in total. The summed E-state index contributed by atoms with van der Waals surface area (Å²) < 4.78 is 18.3. The summed E-state index contributed by atoms with van der Waals surface area (Å²) in [4.78, 5) is 29.0. The summed E-state index contributed by atoms with van der Waals surface area (Å²) in [6.07, 6.45) is 2.33.